The van der Waals surface area contributed by atoms with E-state index >= 15 is 0 Å². The van der Waals surface area contributed by atoms with Gasteiger partial charge in [-0.25, -0.2) is 4.68 Å². The van der Waals surface area contributed by atoms with Crippen LogP contribution in [0.15, 0.2) is 0 Å². The molecule has 0 bridgehead atoms. The predicted molar refractivity (Wildman–Crippen MR) is 70.1 cm³/mol. The summed E-state index contributed by atoms with van der Waals surface area (Å²) in [6.45, 7) is 1.85. The van der Waals surface area contributed by atoms with Crippen molar-refractivity contribution in [3.05, 3.63) is 15.8 Å². The van der Waals surface area contributed by atoms with Crippen molar-refractivity contribution in [2.75, 3.05) is 0 Å². The van der Waals surface area contributed by atoms with Crippen LogP contribution in [0.5, 0.6) is 5.88 Å². The number of rotatable bonds is 4. The largest absolute Gasteiger partial charge is 0.470 e. The number of aromatic nitrogens is 2. The number of nitrogens with two attached hydrogens (primary N) is 1. The van der Waals surface area contributed by atoms with Crippen molar-refractivity contribution in [1.29, 1.82) is 0 Å². The summed E-state index contributed by atoms with van der Waals surface area (Å²) in [5.74, 6) is 0.266. The van der Waals surface area contributed by atoms with Crippen LogP contribution < -0.4 is 10.5 Å². The molecule has 7 heteroatoms. The lowest BCUT2D eigenvalue weighted by Gasteiger charge is -2.26. The van der Waals surface area contributed by atoms with E-state index in [2.05, 4.69) is 5.10 Å². The van der Waals surface area contributed by atoms with Gasteiger partial charge in [-0.15, -0.1) is 0 Å². The maximum Gasteiger partial charge on any atom is 0.353 e. The molecule has 0 unspecified atom stereocenters. The lowest BCUT2D eigenvalue weighted by atomic mass is 9.94. The first-order valence-electron chi connectivity index (χ1n) is 6.65. The van der Waals surface area contributed by atoms with Crippen molar-refractivity contribution in [2.45, 2.75) is 51.2 Å². The second kappa shape index (κ2) is 5.56. The SMILES string of the molecule is CCc1nn(C)c(OC2CCC(N)CC2)c1[N+](=O)[O-]. The maximum atomic E-state index is 11.2. The Morgan fingerprint density at radius 2 is 2.11 bits per heavy atom. The highest BCUT2D eigenvalue weighted by molar-refractivity contribution is 5.46. The quantitative estimate of drug-likeness (QED) is 0.660. The molecule has 0 atom stereocenters. The minimum Gasteiger partial charge on any atom is -0.470 e. The first-order valence-corrected chi connectivity index (χ1v) is 6.65. The van der Waals surface area contributed by atoms with Crippen LogP contribution >= 0.6 is 0 Å². The Bertz CT molecular complexity index is 464. The standard InChI is InChI=1S/C12H20N4O3/c1-3-10-11(16(17)18)12(15(2)14-10)19-9-6-4-8(13)5-7-9/h8-9H,3-7,13H2,1-2H3. The third-order valence-corrected chi connectivity index (χ3v) is 3.56. The Hall–Kier alpha value is -1.63. The van der Waals surface area contributed by atoms with Crippen LogP contribution in [0.25, 0.3) is 0 Å². The van der Waals surface area contributed by atoms with Gasteiger partial charge in [0, 0.05) is 13.1 Å². The average molecular weight is 268 g/mol. The molecule has 1 fully saturated rings. The van der Waals surface area contributed by atoms with Crippen LogP contribution in [0, 0.1) is 10.1 Å². The van der Waals surface area contributed by atoms with Crippen molar-refractivity contribution in [3.63, 3.8) is 0 Å². The van der Waals surface area contributed by atoms with Crippen LogP contribution in [-0.2, 0) is 13.5 Å². The van der Waals surface area contributed by atoms with E-state index in [4.69, 9.17) is 10.5 Å². The zero-order valence-electron chi connectivity index (χ0n) is 11.3. The number of nitrogens with zero attached hydrogens (tertiary/aromatic N) is 3. The molecule has 0 aliphatic heterocycles. The summed E-state index contributed by atoms with van der Waals surface area (Å²) in [5, 5.41) is 15.3. The van der Waals surface area contributed by atoms with Gasteiger partial charge in [-0.1, -0.05) is 6.92 Å². The Morgan fingerprint density at radius 1 is 1.47 bits per heavy atom. The minimum atomic E-state index is -0.407. The molecule has 2 N–H and O–H groups in total. The van der Waals surface area contributed by atoms with E-state index in [0.717, 1.165) is 25.7 Å². The molecule has 106 valence electrons. The van der Waals surface area contributed by atoms with Crippen molar-refractivity contribution in [2.24, 2.45) is 12.8 Å². The topological polar surface area (TPSA) is 96.2 Å². The minimum absolute atomic E-state index is 0.000119. The molecule has 0 spiro atoms. The molecule has 0 radical (unpaired) electrons. The van der Waals surface area contributed by atoms with Crippen LogP contribution in [0.2, 0.25) is 0 Å². The van der Waals surface area contributed by atoms with Crippen molar-refractivity contribution in [1.82, 2.24) is 9.78 Å². The van der Waals surface area contributed by atoms with Crippen LogP contribution in [0.3, 0.4) is 0 Å². The van der Waals surface area contributed by atoms with Crippen molar-refractivity contribution >= 4 is 5.69 Å². The number of hydrogen-bond donors (Lipinski definition) is 1. The summed E-state index contributed by atoms with van der Waals surface area (Å²) in [5.41, 5.74) is 6.31. The average Bonchev–Trinajstić information content (AvgIpc) is 2.69. The highest BCUT2D eigenvalue weighted by Gasteiger charge is 2.30. The molecule has 0 saturated heterocycles. The molecule has 19 heavy (non-hydrogen) atoms. The van der Waals surface area contributed by atoms with Gasteiger partial charge < -0.3 is 10.5 Å². The number of ether oxygens (including phenoxy) is 1. The van der Waals surface area contributed by atoms with Gasteiger partial charge in [-0.3, -0.25) is 10.1 Å². The summed E-state index contributed by atoms with van der Waals surface area (Å²) in [6, 6.07) is 0.229. The molecule has 1 heterocycles. The Morgan fingerprint density at radius 3 is 2.63 bits per heavy atom. The van der Waals surface area contributed by atoms with Gasteiger partial charge in [0.05, 0.1) is 4.92 Å². The smallest absolute Gasteiger partial charge is 0.353 e. The fraction of sp³-hybridized carbons (Fsp3) is 0.750. The Balaban J connectivity index is 2.19. The van der Waals surface area contributed by atoms with Gasteiger partial charge in [0.25, 0.3) is 5.88 Å². The maximum absolute atomic E-state index is 11.2. The normalized spacial score (nSPS) is 23.3. The van der Waals surface area contributed by atoms with Crippen LogP contribution in [0.1, 0.15) is 38.3 Å². The van der Waals surface area contributed by atoms with E-state index in [1.165, 1.54) is 4.68 Å². The molecule has 1 aromatic rings. The Labute approximate surface area is 111 Å². The second-order valence-corrected chi connectivity index (χ2v) is 4.99. The summed E-state index contributed by atoms with van der Waals surface area (Å²) < 4.78 is 7.28. The lowest BCUT2D eigenvalue weighted by molar-refractivity contribution is -0.386. The molecule has 1 aliphatic carbocycles. The molecular formula is C12H20N4O3. The lowest BCUT2D eigenvalue weighted by Crippen LogP contribution is -2.32. The highest BCUT2D eigenvalue weighted by atomic mass is 16.6. The van der Waals surface area contributed by atoms with Gasteiger partial charge in [0.15, 0.2) is 0 Å². The zero-order valence-corrected chi connectivity index (χ0v) is 11.3. The first-order chi connectivity index (χ1) is 9.02. The van der Waals surface area contributed by atoms with Gasteiger partial charge >= 0.3 is 5.69 Å². The Kier molecular flexibility index (Phi) is 4.04. The summed E-state index contributed by atoms with van der Waals surface area (Å²) >= 11 is 0. The predicted octanol–water partition coefficient (Wildman–Crippen LogP) is 1.54. The molecule has 0 aromatic carbocycles. The van der Waals surface area contributed by atoms with Crippen molar-refractivity contribution in [3.8, 4) is 5.88 Å². The van der Waals surface area contributed by atoms with Gasteiger partial charge in [-0.2, -0.15) is 5.10 Å². The molecule has 0 amide bonds. The number of aryl methyl sites for hydroxylation is 2. The first kappa shape index (κ1) is 13.8. The number of nitro groups is 1. The van der Waals surface area contributed by atoms with Crippen LogP contribution in [0.4, 0.5) is 5.69 Å². The second-order valence-electron chi connectivity index (χ2n) is 4.99. The fourth-order valence-electron chi connectivity index (χ4n) is 2.47. The molecular weight excluding hydrogens is 248 g/mol. The van der Waals surface area contributed by atoms with Gasteiger partial charge in [0.2, 0.25) is 0 Å². The molecule has 7 nitrogen and oxygen atoms in total. The summed E-state index contributed by atoms with van der Waals surface area (Å²) in [7, 11) is 1.68. The van der Waals surface area contributed by atoms with E-state index in [0.29, 0.717) is 12.1 Å². The van der Waals surface area contributed by atoms with E-state index < -0.39 is 4.92 Å². The van der Waals surface area contributed by atoms with E-state index in [1.807, 2.05) is 6.92 Å². The van der Waals surface area contributed by atoms with Crippen molar-refractivity contribution < 1.29 is 9.66 Å². The van der Waals surface area contributed by atoms with E-state index in [1.54, 1.807) is 7.05 Å². The highest BCUT2D eigenvalue weighted by Crippen LogP contribution is 2.33. The summed E-state index contributed by atoms with van der Waals surface area (Å²) in [6.07, 6.45) is 3.99. The van der Waals surface area contributed by atoms with Gasteiger partial charge in [0.1, 0.15) is 11.8 Å². The van der Waals surface area contributed by atoms with Crippen LogP contribution in [-0.4, -0.2) is 26.8 Å². The third-order valence-electron chi connectivity index (χ3n) is 3.56. The molecule has 1 aromatic heterocycles. The third kappa shape index (κ3) is 2.86. The molecule has 2 rings (SSSR count). The van der Waals surface area contributed by atoms with E-state index in [-0.39, 0.29) is 23.7 Å². The monoisotopic (exact) mass is 268 g/mol. The molecule has 1 saturated carbocycles. The fourth-order valence-corrected chi connectivity index (χ4v) is 2.47. The summed E-state index contributed by atoms with van der Waals surface area (Å²) in [4.78, 5) is 10.8. The molecule has 1 aliphatic rings. The number of hydrogen-bond acceptors (Lipinski definition) is 5. The van der Waals surface area contributed by atoms with E-state index in [9.17, 15) is 10.1 Å². The van der Waals surface area contributed by atoms with Gasteiger partial charge in [-0.05, 0) is 32.1 Å². The zero-order chi connectivity index (χ0) is 14.0.